The van der Waals surface area contributed by atoms with Gasteiger partial charge in [-0.15, -0.1) is 0 Å². The molecule has 0 radical (unpaired) electrons. The van der Waals surface area contributed by atoms with Crippen molar-refractivity contribution in [2.45, 2.75) is 39.5 Å². The fourth-order valence-corrected chi connectivity index (χ4v) is 6.05. The number of nitrogens with one attached hydrogen (secondary N) is 2. The van der Waals surface area contributed by atoms with E-state index in [2.05, 4.69) is 104 Å². The first kappa shape index (κ1) is 23.1. The fraction of sp³-hybridized carbons (Fsp3) is 0.176. The molecule has 0 bridgehead atoms. The summed E-state index contributed by atoms with van der Waals surface area (Å²) < 4.78 is 0. The summed E-state index contributed by atoms with van der Waals surface area (Å²) in [6.07, 6.45) is 3.84. The topological polar surface area (TPSA) is 83.1 Å². The highest BCUT2D eigenvalue weighted by atomic mass is 15.1. The number of imidazole rings is 2. The summed E-state index contributed by atoms with van der Waals surface area (Å²) in [4.78, 5) is 18.5. The average molecular weight is 521 g/mol. The Labute approximate surface area is 230 Å². The van der Waals surface area contributed by atoms with E-state index in [-0.39, 0.29) is 5.92 Å². The second-order valence-electron chi connectivity index (χ2n) is 11.4. The number of nitrogens with zero attached hydrogens (tertiary/aromatic N) is 4. The average Bonchev–Trinajstić information content (AvgIpc) is 3.64. The molecule has 0 fully saturated rings. The lowest BCUT2D eigenvalue weighted by Crippen LogP contribution is -1.88. The molecule has 8 aromatic rings. The Kier molecular flexibility index (Phi) is 4.81. The van der Waals surface area contributed by atoms with Crippen LogP contribution in [0.5, 0.6) is 0 Å². The molecule has 3 aromatic heterocycles. The molecular formula is C34H28N6. The van der Waals surface area contributed by atoms with Crippen molar-refractivity contribution in [1.82, 2.24) is 30.1 Å². The summed E-state index contributed by atoms with van der Waals surface area (Å²) in [7, 11) is 0. The van der Waals surface area contributed by atoms with E-state index in [1.54, 1.807) is 0 Å². The maximum Gasteiger partial charge on any atom is 0.132 e. The molecule has 0 aliphatic rings. The van der Waals surface area contributed by atoms with Gasteiger partial charge in [-0.05, 0) is 39.4 Å². The van der Waals surface area contributed by atoms with Crippen LogP contribution in [0.4, 0.5) is 0 Å². The van der Waals surface area contributed by atoms with Crippen LogP contribution in [-0.2, 0) is 0 Å². The highest BCUT2D eigenvalue weighted by Gasteiger charge is 2.18. The van der Waals surface area contributed by atoms with Crippen molar-refractivity contribution in [1.29, 1.82) is 0 Å². The molecule has 0 atom stereocenters. The molecule has 0 spiro atoms. The molecule has 2 N–H and O–H groups in total. The number of aromatic nitrogens is 6. The van der Waals surface area contributed by atoms with Gasteiger partial charge < -0.3 is 4.98 Å². The predicted molar refractivity (Wildman–Crippen MR) is 165 cm³/mol. The first-order chi connectivity index (χ1) is 19.5. The van der Waals surface area contributed by atoms with Gasteiger partial charge in [-0.3, -0.25) is 5.10 Å². The number of benzene rings is 5. The van der Waals surface area contributed by atoms with E-state index >= 15 is 0 Å². The zero-order chi connectivity index (χ0) is 27.1. The van der Waals surface area contributed by atoms with Crippen molar-refractivity contribution in [3.8, 4) is 11.1 Å². The van der Waals surface area contributed by atoms with Gasteiger partial charge in [-0.25, -0.2) is 15.0 Å². The van der Waals surface area contributed by atoms with Crippen LogP contribution in [0, 0.1) is 0 Å². The molecule has 194 valence electrons. The third-order valence-electron chi connectivity index (χ3n) is 8.14. The number of hydrogen-bond acceptors (Lipinski definition) is 4. The monoisotopic (exact) mass is 520 g/mol. The fourth-order valence-electron chi connectivity index (χ4n) is 6.05. The largest absolute Gasteiger partial charge is 0.341 e. The molecular weight excluding hydrogens is 492 g/mol. The van der Waals surface area contributed by atoms with Gasteiger partial charge in [-0.2, -0.15) is 5.10 Å². The van der Waals surface area contributed by atoms with Gasteiger partial charge in [0.1, 0.15) is 17.2 Å². The molecule has 3 heterocycles. The lowest BCUT2D eigenvalue weighted by molar-refractivity contribution is 0.799. The molecule has 6 nitrogen and oxygen atoms in total. The van der Waals surface area contributed by atoms with Crippen LogP contribution < -0.4 is 0 Å². The van der Waals surface area contributed by atoms with E-state index in [0.717, 1.165) is 60.8 Å². The molecule has 0 aliphatic carbocycles. The molecule has 0 saturated heterocycles. The maximum atomic E-state index is 5.00. The number of hydrogen-bond donors (Lipinski definition) is 2. The summed E-state index contributed by atoms with van der Waals surface area (Å²) in [5, 5.41) is 16.5. The van der Waals surface area contributed by atoms with Crippen molar-refractivity contribution < 1.29 is 0 Å². The van der Waals surface area contributed by atoms with Crippen LogP contribution >= 0.6 is 0 Å². The number of fused-ring (bicyclic) bond motifs is 12. The maximum absolute atomic E-state index is 5.00. The zero-order valence-electron chi connectivity index (χ0n) is 22.9. The Morgan fingerprint density at radius 3 is 1.95 bits per heavy atom. The summed E-state index contributed by atoms with van der Waals surface area (Å²) in [6.45, 7) is 8.62. The quantitative estimate of drug-likeness (QED) is 0.228. The van der Waals surface area contributed by atoms with Crippen LogP contribution in [0.25, 0.3) is 76.3 Å². The third kappa shape index (κ3) is 3.22. The van der Waals surface area contributed by atoms with Crippen molar-refractivity contribution >= 4 is 65.2 Å². The van der Waals surface area contributed by atoms with Crippen LogP contribution in [0.15, 0.2) is 73.1 Å². The normalized spacial score (nSPS) is 12.4. The van der Waals surface area contributed by atoms with E-state index in [9.17, 15) is 0 Å². The van der Waals surface area contributed by atoms with E-state index in [4.69, 9.17) is 15.0 Å². The minimum atomic E-state index is 0.255. The van der Waals surface area contributed by atoms with Crippen LogP contribution in [0.2, 0.25) is 0 Å². The molecule has 0 amide bonds. The van der Waals surface area contributed by atoms with E-state index in [0.29, 0.717) is 5.92 Å². The molecule has 5 aromatic carbocycles. The van der Waals surface area contributed by atoms with Gasteiger partial charge in [0.15, 0.2) is 0 Å². The molecule has 0 aliphatic heterocycles. The van der Waals surface area contributed by atoms with Gasteiger partial charge in [0.2, 0.25) is 0 Å². The van der Waals surface area contributed by atoms with E-state index in [1.165, 1.54) is 27.1 Å². The highest BCUT2D eigenvalue weighted by Crippen LogP contribution is 2.39. The lowest BCUT2D eigenvalue weighted by Gasteiger charge is -2.11. The Balaban J connectivity index is 1.41. The SMILES string of the molecule is CC(C)c1nc2c3ccc(-c4ccc5c(c4)c4ccccc4c4nc(C(C)C)[nH]c54)cc3c3c[nH]ncc3c2n1. The second kappa shape index (κ2) is 8.33. The zero-order valence-corrected chi connectivity index (χ0v) is 22.9. The second-order valence-corrected chi connectivity index (χ2v) is 11.4. The smallest absolute Gasteiger partial charge is 0.132 e. The van der Waals surface area contributed by atoms with Crippen molar-refractivity contribution in [2.75, 3.05) is 0 Å². The standard InChI is InChI=1S/C34H28N6/c1-17(2)33-37-29-22-8-6-5-7-21(22)25-13-19(9-11-23(25)30(29)38-33)20-10-12-24-26(14-20)27-15-35-36-16-28(27)32-31(24)39-34(40-32)18(3)4/h5-18,35H,1-4H3,(H,37,38). The van der Waals surface area contributed by atoms with Crippen LogP contribution in [0.1, 0.15) is 51.2 Å². The Morgan fingerprint density at radius 2 is 1.23 bits per heavy atom. The van der Waals surface area contributed by atoms with E-state index in [1.807, 2.05) is 12.4 Å². The van der Waals surface area contributed by atoms with Gasteiger partial charge in [-0.1, -0.05) is 76.2 Å². The molecule has 0 saturated carbocycles. The minimum absolute atomic E-state index is 0.255. The Hall–Kier alpha value is -4.84. The van der Waals surface area contributed by atoms with E-state index < -0.39 is 0 Å². The molecule has 8 rings (SSSR count). The van der Waals surface area contributed by atoms with Crippen LogP contribution in [-0.4, -0.2) is 30.1 Å². The highest BCUT2D eigenvalue weighted by molar-refractivity contribution is 6.25. The predicted octanol–water partition coefficient (Wildman–Crippen LogP) is 8.76. The van der Waals surface area contributed by atoms with Crippen molar-refractivity contribution in [3.63, 3.8) is 0 Å². The number of aromatic amines is 2. The summed E-state index contributed by atoms with van der Waals surface area (Å²) in [5.41, 5.74) is 6.34. The molecule has 0 unspecified atom stereocenters. The Morgan fingerprint density at radius 1 is 0.575 bits per heavy atom. The lowest BCUT2D eigenvalue weighted by atomic mass is 9.94. The molecule has 40 heavy (non-hydrogen) atoms. The van der Waals surface area contributed by atoms with Crippen molar-refractivity contribution in [2.24, 2.45) is 0 Å². The summed E-state index contributed by atoms with van der Waals surface area (Å²) in [6, 6.07) is 22.1. The minimum Gasteiger partial charge on any atom is -0.341 e. The van der Waals surface area contributed by atoms with Gasteiger partial charge in [0.25, 0.3) is 0 Å². The number of H-pyrrole nitrogens is 2. The summed E-state index contributed by atoms with van der Waals surface area (Å²) in [5.74, 6) is 2.47. The van der Waals surface area contributed by atoms with Crippen LogP contribution in [0.3, 0.4) is 0 Å². The summed E-state index contributed by atoms with van der Waals surface area (Å²) >= 11 is 0. The van der Waals surface area contributed by atoms with Gasteiger partial charge >= 0.3 is 0 Å². The first-order valence-corrected chi connectivity index (χ1v) is 13.9. The van der Waals surface area contributed by atoms with Crippen molar-refractivity contribution in [3.05, 3.63) is 84.7 Å². The number of rotatable bonds is 3. The van der Waals surface area contributed by atoms with Gasteiger partial charge in [0, 0.05) is 45.0 Å². The Bertz CT molecular complexity index is 2120. The third-order valence-corrected chi connectivity index (χ3v) is 8.14. The molecule has 6 heteroatoms. The first-order valence-electron chi connectivity index (χ1n) is 13.9. The van der Waals surface area contributed by atoms with Gasteiger partial charge in [0.05, 0.1) is 22.7 Å².